The Kier molecular flexibility index (Phi) is 14.1. The lowest BCUT2D eigenvalue weighted by molar-refractivity contribution is -0.143. The first-order valence-electron chi connectivity index (χ1n) is 14.4. The molecule has 0 radical (unpaired) electrons. The minimum absolute atomic E-state index is 0. The zero-order valence-electron chi connectivity index (χ0n) is 25.8. The molecule has 4 heterocycles. The number of aliphatic carboxylic acids is 1. The van der Waals surface area contributed by atoms with Crippen molar-refractivity contribution in [2.75, 3.05) is 25.0 Å². The van der Waals surface area contributed by atoms with Crippen LogP contribution in [-0.4, -0.2) is 55.1 Å². The Bertz CT molecular complexity index is 1760. The molecule has 1 aromatic carbocycles. The van der Waals surface area contributed by atoms with Gasteiger partial charge in [0.2, 0.25) is 10.0 Å². The van der Waals surface area contributed by atoms with Gasteiger partial charge in [0.05, 0.1) is 35.0 Å². The van der Waals surface area contributed by atoms with Crippen LogP contribution in [0.1, 0.15) is 56.3 Å². The summed E-state index contributed by atoms with van der Waals surface area (Å²) in [7, 11) is -4.11. The number of aromatic carboxylic acids is 1. The second-order valence-corrected chi connectivity index (χ2v) is 14.6. The van der Waals surface area contributed by atoms with Gasteiger partial charge in [0.15, 0.2) is 0 Å². The predicted octanol–water partition coefficient (Wildman–Crippen LogP) is 7.36. The molecule has 1 atom stereocenters. The number of carboxylic acids is 2. The molecule has 0 spiro atoms. The predicted molar refractivity (Wildman–Crippen MR) is 190 cm³/mol. The molecule has 15 heteroatoms. The first-order chi connectivity index (χ1) is 21.8. The fourth-order valence-electron chi connectivity index (χ4n) is 5.13. The average Bonchev–Trinajstić information content (AvgIpc) is 3.77. The quantitative estimate of drug-likeness (QED) is 0.123. The molecule has 1 aliphatic rings. The summed E-state index contributed by atoms with van der Waals surface area (Å²) >= 11 is 9.44. The van der Waals surface area contributed by atoms with Crippen molar-refractivity contribution < 1.29 is 32.6 Å². The molecule has 10 nitrogen and oxygen atoms in total. The molecule has 1 fully saturated rings. The van der Waals surface area contributed by atoms with Crippen molar-refractivity contribution in [3.63, 3.8) is 0 Å². The third-order valence-electron chi connectivity index (χ3n) is 7.50. The maximum Gasteiger partial charge on any atom is 0.337 e. The number of primary sulfonamides is 1. The minimum Gasteiger partial charge on any atom is -0.481 e. The number of carboxylic acid groups (broad SMARTS) is 2. The number of nitrogens with zero attached hydrogens (tertiary/aromatic N) is 1. The summed E-state index contributed by atoms with van der Waals surface area (Å²) in [5, 5.41) is 30.4. The van der Waals surface area contributed by atoms with Crippen LogP contribution in [0.5, 0.6) is 0 Å². The molecule has 1 aliphatic heterocycles. The lowest BCUT2D eigenvalue weighted by Crippen LogP contribution is -2.39. The molecular formula is C32H37Cl2N3O7S3. The van der Waals surface area contributed by atoms with E-state index in [-0.39, 0.29) is 41.1 Å². The molecular weight excluding hydrogens is 705 g/mol. The molecule has 0 saturated carbocycles. The smallest absolute Gasteiger partial charge is 0.337 e. The molecule has 47 heavy (non-hydrogen) atoms. The molecule has 1 saturated heterocycles. The van der Waals surface area contributed by atoms with Crippen molar-refractivity contribution in [3.05, 3.63) is 96.7 Å². The minimum atomic E-state index is -4.11. The van der Waals surface area contributed by atoms with E-state index in [4.69, 9.17) is 26.3 Å². The van der Waals surface area contributed by atoms with Crippen LogP contribution in [0.15, 0.2) is 68.8 Å². The monoisotopic (exact) mass is 741 g/mol. The van der Waals surface area contributed by atoms with Crippen LogP contribution in [0.4, 0.5) is 5.69 Å². The van der Waals surface area contributed by atoms with Gasteiger partial charge in [0.1, 0.15) is 10.7 Å². The number of piperidine rings is 1. The molecule has 0 amide bonds. The van der Waals surface area contributed by atoms with E-state index in [2.05, 4.69) is 53.0 Å². The van der Waals surface area contributed by atoms with Crippen LogP contribution in [0.3, 0.4) is 0 Å². The van der Waals surface area contributed by atoms with Crippen molar-refractivity contribution in [1.82, 2.24) is 4.90 Å². The molecule has 0 unspecified atom stereocenters. The van der Waals surface area contributed by atoms with Gasteiger partial charge in [0.25, 0.3) is 0 Å². The molecule has 254 valence electrons. The van der Waals surface area contributed by atoms with Crippen LogP contribution in [0.2, 0.25) is 5.02 Å². The number of halogens is 2. The van der Waals surface area contributed by atoms with Crippen molar-refractivity contribution in [3.8, 4) is 0 Å². The van der Waals surface area contributed by atoms with Crippen molar-refractivity contribution in [2.45, 2.75) is 44.6 Å². The first-order valence-corrected chi connectivity index (χ1v) is 18.1. The summed E-state index contributed by atoms with van der Waals surface area (Å²) in [4.78, 5) is 27.0. The standard InChI is InChI=1S/C20H25NO2S2.C12H11ClN2O5S.ClH/c1-14-7-11-24-18(14)17(19-15(2)8-12-25-19)6-4-10-21-9-3-5-16(13-21)20(22)23;13-9-5-10(15-6-7-2-1-3-20-7)8(12(16)17)4-11(9)21(14,18)19;/h6-8,11-12,16H,3-5,9-10,13H2,1-2H3,(H,22,23);1-5,15H,6H2,(H,16,17)(H2,14,18,19);1H/t16-;;/m1../s1. The third-order valence-corrected chi connectivity index (χ3v) is 11.0. The number of aryl methyl sites for hydroxylation is 2. The molecule has 5 N–H and O–H groups in total. The van der Waals surface area contributed by atoms with E-state index in [9.17, 15) is 23.1 Å². The van der Waals surface area contributed by atoms with Gasteiger partial charge in [0, 0.05) is 28.4 Å². The lowest BCUT2D eigenvalue weighted by Gasteiger charge is -2.30. The van der Waals surface area contributed by atoms with Crippen LogP contribution in [0.25, 0.3) is 5.57 Å². The largest absolute Gasteiger partial charge is 0.481 e. The van der Waals surface area contributed by atoms with Gasteiger partial charge in [-0.15, -0.1) is 35.1 Å². The fraction of sp³-hybridized carbons (Fsp3) is 0.312. The summed E-state index contributed by atoms with van der Waals surface area (Å²) in [5.74, 6) is -1.57. The van der Waals surface area contributed by atoms with Gasteiger partial charge in [-0.05, 0) is 97.9 Å². The van der Waals surface area contributed by atoms with Gasteiger partial charge in [-0.3, -0.25) is 4.79 Å². The number of benzene rings is 1. The Labute approximate surface area is 293 Å². The fourth-order valence-corrected chi connectivity index (χ4v) is 8.24. The van der Waals surface area contributed by atoms with E-state index in [1.807, 2.05) is 0 Å². The van der Waals surface area contributed by atoms with E-state index >= 15 is 0 Å². The average molecular weight is 743 g/mol. The van der Waals surface area contributed by atoms with Crippen LogP contribution in [-0.2, 0) is 21.4 Å². The first kappa shape index (κ1) is 38.3. The van der Waals surface area contributed by atoms with E-state index in [0.717, 1.165) is 38.4 Å². The zero-order chi connectivity index (χ0) is 33.4. The number of anilines is 1. The van der Waals surface area contributed by atoms with E-state index in [1.54, 1.807) is 34.8 Å². The highest BCUT2D eigenvalue weighted by Crippen LogP contribution is 2.35. The Morgan fingerprint density at radius 3 is 2.30 bits per heavy atom. The summed E-state index contributed by atoms with van der Waals surface area (Å²) < 4.78 is 27.8. The Balaban J connectivity index is 0.000000254. The number of nitrogens with one attached hydrogen (secondary N) is 1. The Hall–Kier alpha value is -3.17. The van der Waals surface area contributed by atoms with E-state index in [0.29, 0.717) is 12.3 Å². The molecule has 0 bridgehead atoms. The third kappa shape index (κ3) is 10.4. The highest BCUT2D eigenvalue weighted by atomic mass is 35.5. The molecule has 4 aromatic rings. The van der Waals surface area contributed by atoms with Gasteiger partial charge in [-0.2, -0.15) is 0 Å². The molecule has 0 aliphatic carbocycles. The number of thiophene rings is 2. The number of rotatable bonds is 11. The SMILES string of the molecule is Cc1ccsc1C(=CCCN1CCC[C@@H](C(=O)O)C1)c1sccc1C.Cl.NS(=O)(=O)c1cc(C(=O)O)c(NCc2ccco2)cc1Cl. The number of sulfonamides is 1. The number of furan rings is 1. The van der Waals surface area contributed by atoms with Crippen LogP contribution < -0.4 is 10.5 Å². The topological polar surface area (TPSA) is 163 Å². The zero-order valence-corrected chi connectivity index (χ0v) is 29.8. The van der Waals surface area contributed by atoms with Crippen LogP contribution >= 0.6 is 46.7 Å². The molecule has 5 rings (SSSR count). The maximum absolute atomic E-state index is 11.3. The van der Waals surface area contributed by atoms with Crippen molar-refractivity contribution in [1.29, 1.82) is 0 Å². The Morgan fingerprint density at radius 2 is 1.79 bits per heavy atom. The number of hydrogen-bond donors (Lipinski definition) is 4. The lowest BCUT2D eigenvalue weighted by atomic mass is 9.98. The highest BCUT2D eigenvalue weighted by molar-refractivity contribution is 7.89. The second kappa shape index (κ2) is 17.3. The van der Waals surface area contributed by atoms with Gasteiger partial charge in [-0.1, -0.05) is 17.7 Å². The summed E-state index contributed by atoms with van der Waals surface area (Å²) in [6.07, 6.45) is 6.59. The molecule has 3 aromatic heterocycles. The van der Waals surface area contributed by atoms with Gasteiger partial charge >= 0.3 is 11.9 Å². The highest BCUT2D eigenvalue weighted by Gasteiger charge is 2.25. The van der Waals surface area contributed by atoms with Crippen molar-refractivity contribution in [2.24, 2.45) is 11.1 Å². The van der Waals surface area contributed by atoms with E-state index in [1.165, 1.54) is 38.8 Å². The number of hydrogen-bond acceptors (Lipinski definition) is 9. The maximum atomic E-state index is 11.3. The Morgan fingerprint density at radius 1 is 1.13 bits per heavy atom. The normalized spacial score (nSPS) is 14.8. The summed E-state index contributed by atoms with van der Waals surface area (Å²) in [6.45, 7) is 7.20. The van der Waals surface area contributed by atoms with Crippen molar-refractivity contribution >= 4 is 79.9 Å². The number of likely N-dealkylation sites (tertiary alicyclic amines) is 1. The van der Waals surface area contributed by atoms with Gasteiger partial charge in [-0.25, -0.2) is 18.4 Å². The summed E-state index contributed by atoms with van der Waals surface area (Å²) in [6, 6.07) is 9.87. The van der Waals surface area contributed by atoms with Gasteiger partial charge < -0.3 is 24.8 Å². The van der Waals surface area contributed by atoms with Crippen LogP contribution in [0, 0.1) is 19.8 Å². The second-order valence-electron chi connectivity index (χ2n) is 10.9. The number of carbonyl (C=O) groups is 2. The number of nitrogens with two attached hydrogens (primary N) is 1. The van der Waals surface area contributed by atoms with E-state index < -0.39 is 26.9 Å². The summed E-state index contributed by atoms with van der Waals surface area (Å²) in [5.41, 5.74) is 3.90.